The Labute approximate surface area is 102 Å². The summed E-state index contributed by atoms with van der Waals surface area (Å²) in [5, 5.41) is 3.09. The standard InChI is InChI=1S/C12H22N4O/c1-4-8-16-10-7-14-11(12(16)17)15(3)9-5-6-13-2/h7,10,13H,4-6,8-9H2,1-3H3. The minimum absolute atomic E-state index is 0.00121. The smallest absolute Gasteiger partial charge is 0.293 e. The highest BCUT2D eigenvalue weighted by atomic mass is 16.1. The molecule has 17 heavy (non-hydrogen) atoms. The van der Waals surface area contributed by atoms with Crippen molar-refractivity contribution in [3.63, 3.8) is 0 Å². The predicted octanol–water partition coefficient (Wildman–Crippen LogP) is 0.699. The lowest BCUT2D eigenvalue weighted by molar-refractivity contribution is 0.640. The van der Waals surface area contributed by atoms with E-state index in [1.165, 1.54) is 0 Å². The van der Waals surface area contributed by atoms with E-state index in [-0.39, 0.29) is 5.56 Å². The molecule has 0 aliphatic heterocycles. The van der Waals surface area contributed by atoms with Crippen molar-refractivity contribution < 1.29 is 0 Å². The van der Waals surface area contributed by atoms with Gasteiger partial charge in [-0.05, 0) is 26.4 Å². The second kappa shape index (κ2) is 7.06. The Hall–Kier alpha value is -1.36. The number of aromatic nitrogens is 2. The first kappa shape index (κ1) is 13.7. The second-order valence-electron chi connectivity index (χ2n) is 4.13. The fraction of sp³-hybridized carbons (Fsp3) is 0.667. The molecule has 0 unspecified atom stereocenters. The quantitative estimate of drug-likeness (QED) is 0.710. The van der Waals surface area contributed by atoms with E-state index in [0.717, 1.165) is 32.5 Å². The van der Waals surface area contributed by atoms with Crippen molar-refractivity contribution in [3.05, 3.63) is 22.7 Å². The SMILES string of the molecule is CCCn1ccnc(N(C)CCCNC)c1=O. The first-order valence-electron chi connectivity index (χ1n) is 6.12. The van der Waals surface area contributed by atoms with Crippen molar-refractivity contribution in [2.75, 3.05) is 32.1 Å². The number of anilines is 1. The summed E-state index contributed by atoms with van der Waals surface area (Å²) in [5.41, 5.74) is 0.00121. The molecule has 96 valence electrons. The Balaban J connectivity index is 2.76. The Morgan fingerprint density at radius 2 is 2.29 bits per heavy atom. The topological polar surface area (TPSA) is 50.2 Å². The summed E-state index contributed by atoms with van der Waals surface area (Å²) in [5.74, 6) is 0.539. The number of nitrogens with one attached hydrogen (secondary N) is 1. The lowest BCUT2D eigenvalue weighted by Crippen LogP contribution is -2.32. The van der Waals surface area contributed by atoms with Gasteiger partial charge in [-0.1, -0.05) is 6.92 Å². The molecule has 0 fully saturated rings. The Bertz CT molecular complexity index is 388. The molecule has 5 heteroatoms. The fourth-order valence-corrected chi connectivity index (χ4v) is 1.71. The maximum Gasteiger partial charge on any atom is 0.293 e. The summed E-state index contributed by atoms with van der Waals surface area (Å²) in [4.78, 5) is 18.2. The van der Waals surface area contributed by atoms with Crippen LogP contribution in [0.25, 0.3) is 0 Å². The molecular formula is C12H22N4O. The van der Waals surface area contributed by atoms with E-state index in [1.807, 2.05) is 19.0 Å². The van der Waals surface area contributed by atoms with Crippen molar-refractivity contribution in [3.8, 4) is 0 Å². The van der Waals surface area contributed by atoms with Gasteiger partial charge in [0.25, 0.3) is 5.56 Å². The van der Waals surface area contributed by atoms with E-state index in [4.69, 9.17) is 0 Å². The van der Waals surface area contributed by atoms with E-state index in [1.54, 1.807) is 17.0 Å². The Kier molecular flexibility index (Phi) is 5.69. The molecule has 1 aromatic rings. The molecule has 0 amide bonds. The van der Waals surface area contributed by atoms with E-state index >= 15 is 0 Å². The number of aryl methyl sites for hydroxylation is 1. The summed E-state index contributed by atoms with van der Waals surface area (Å²) in [6, 6.07) is 0. The molecule has 0 saturated heterocycles. The van der Waals surface area contributed by atoms with Crippen molar-refractivity contribution in [1.29, 1.82) is 0 Å². The molecule has 1 heterocycles. The highest BCUT2D eigenvalue weighted by Crippen LogP contribution is 2.01. The van der Waals surface area contributed by atoms with Crippen LogP contribution in [0.2, 0.25) is 0 Å². The average Bonchev–Trinajstić information content (AvgIpc) is 2.32. The minimum atomic E-state index is 0.00121. The number of nitrogens with zero attached hydrogens (tertiary/aromatic N) is 3. The Morgan fingerprint density at radius 1 is 1.53 bits per heavy atom. The van der Waals surface area contributed by atoms with Crippen LogP contribution in [-0.4, -0.2) is 36.7 Å². The van der Waals surface area contributed by atoms with Gasteiger partial charge in [-0.2, -0.15) is 0 Å². The maximum atomic E-state index is 12.1. The van der Waals surface area contributed by atoms with Crippen molar-refractivity contribution in [1.82, 2.24) is 14.9 Å². The van der Waals surface area contributed by atoms with Crippen LogP contribution in [0.4, 0.5) is 5.82 Å². The van der Waals surface area contributed by atoms with Crippen LogP contribution in [0.3, 0.4) is 0 Å². The molecule has 0 atom stereocenters. The van der Waals surface area contributed by atoms with Crippen LogP contribution in [0.5, 0.6) is 0 Å². The first-order chi connectivity index (χ1) is 8.20. The summed E-state index contributed by atoms with van der Waals surface area (Å²) in [6.45, 7) is 4.58. The molecule has 0 radical (unpaired) electrons. The molecular weight excluding hydrogens is 216 g/mol. The third-order valence-corrected chi connectivity index (χ3v) is 2.64. The third-order valence-electron chi connectivity index (χ3n) is 2.64. The van der Waals surface area contributed by atoms with Gasteiger partial charge in [-0.3, -0.25) is 4.79 Å². The molecule has 0 aliphatic rings. The lowest BCUT2D eigenvalue weighted by atomic mass is 10.4. The normalized spacial score (nSPS) is 10.5. The van der Waals surface area contributed by atoms with Crippen molar-refractivity contribution >= 4 is 5.82 Å². The van der Waals surface area contributed by atoms with Gasteiger partial charge in [-0.15, -0.1) is 0 Å². The molecule has 1 N–H and O–H groups in total. The first-order valence-corrected chi connectivity index (χ1v) is 6.12. The average molecular weight is 238 g/mol. The van der Waals surface area contributed by atoms with Crippen molar-refractivity contribution in [2.45, 2.75) is 26.3 Å². The van der Waals surface area contributed by atoms with Gasteiger partial charge < -0.3 is 14.8 Å². The largest absolute Gasteiger partial charge is 0.355 e. The predicted molar refractivity (Wildman–Crippen MR) is 70.6 cm³/mol. The summed E-state index contributed by atoms with van der Waals surface area (Å²) in [7, 11) is 3.84. The second-order valence-corrected chi connectivity index (χ2v) is 4.13. The van der Waals surface area contributed by atoms with Gasteiger partial charge in [0.2, 0.25) is 0 Å². The van der Waals surface area contributed by atoms with E-state index in [2.05, 4.69) is 17.2 Å². The van der Waals surface area contributed by atoms with Crippen LogP contribution >= 0.6 is 0 Å². The zero-order valence-electron chi connectivity index (χ0n) is 10.9. The van der Waals surface area contributed by atoms with Gasteiger partial charge in [0.1, 0.15) is 0 Å². The van der Waals surface area contributed by atoms with E-state index < -0.39 is 0 Å². The maximum absolute atomic E-state index is 12.1. The monoisotopic (exact) mass is 238 g/mol. The van der Waals surface area contributed by atoms with E-state index in [0.29, 0.717) is 5.82 Å². The van der Waals surface area contributed by atoms with Gasteiger partial charge in [0, 0.05) is 32.5 Å². The molecule has 1 rings (SSSR count). The van der Waals surface area contributed by atoms with Crippen molar-refractivity contribution in [2.24, 2.45) is 0 Å². The van der Waals surface area contributed by atoms with Gasteiger partial charge in [-0.25, -0.2) is 4.98 Å². The zero-order valence-corrected chi connectivity index (χ0v) is 10.9. The van der Waals surface area contributed by atoms with E-state index in [9.17, 15) is 4.79 Å². The molecule has 0 aliphatic carbocycles. The molecule has 0 bridgehead atoms. The molecule has 1 aromatic heterocycles. The number of rotatable bonds is 7. The number of hydrogen-bond acceptors (Lipinski definition) is 4. The third kappa shape index (κ3) is 3.85. The molecule has 5 nitrogen and oxygen atoms in total. The summed E-state index contributed by atoms with van der Waals surface area (Å²) in [6.07, 6.45) is 5.39. The van der Waals surface area contributed by atoms with Gasteiger partial charge in [0.05, 0.1) is 0 Å². The fourth-order valence-electron chi connectivity index (χ4n) is 1.71. The van der Waals surface area contributed by atoms with Gasteiger partial charge in [0.15, 0.2) is 5.82 Å². The molecule has 0 aromatic carbocycles. The summed E-state index contributed by atoms with van der Waals surface area (Å²) >= 11 is 0. The van der Waals surface area contributed by atoms with Crippen LogP contribution in [0, 0.1) is 0 Å². The zero-order chi connectivity index (χ0) is 12.7. The van der Waals surface area contributed by atoms with Gasteiger partial charge >= 0.3 is 0 Å². The lowest BCUT2D eigenvalue weighted by Gasteiger charge is -2.18. The summed E-state index contributed by atoms with van der Waals surface area (Å²) < 4.78 is 1.72. The Morgan fingerprint density at radius 3 is 2.94 bits per heavy atom. The van der Waals surface area contributed by atoms with Crippen LogP contribution in [0.15, 0.2) is 17.2 Å². The molecule has 0 spiro atoms. The highest BCUT2D eigenvalue weighted by molar-refractivity contribution is 5.34. The minimum Gasteiger partial charge on any atom is -0.355 e. The van der Waals surface area contributed by atoms with Crippen LogP contribution in [0.1, 0.15) is 19.8 Å². The highest BCUT2D eigenvalue weighted by Gasteiger charge is 2.08. The number of hydrogen-bond donors (Lipinski definition) is 1. The van der Waals surface area contributed by atoms with Crippen LogP contribution in [-0.2, 0) is 6.54 Å². The van der Waals surface area contributed by atoms with Crippen LogP contribution < -0.4 is 15.8 Å². The molecule has 0 saturated carbocycles.